The van der Waals surface area contributed by atoms with Gasteiger partial charge >= 0.3 is 12.3 Å². The Labute approximate surface area is 217 Å². The minimum absolute atomic E-state index is 0.286. The predicted molar refractivity (Wildman–Crippen MR) is 133 cm³/mol. The van der Waals surface area contributed by atoms with Crippen molar-refractivity contribution in [2.24, 2.45) is 0 Å². The zero-order chi connectivity index (χ0) is 27.4. The lowest BCUT2D eigenvalue weighted by Crippen LogP contribution is -2.51. The summed E-state index contributed by atoms with van der Waals surface area (Å²) in [6.45, 7) is 5.72. The average molecular weight is 530 g/mol. The van der Waals surface area contributed by atoms with E-state index in [0.717, 1.165) is 12.1 Å². The van der Waals surface area contributed by atoms with E-state index in [2.05, 4.69) is 21.9 Å². The third-order valence-corrected chi connectivity index (χ3v) is 6.06. The molecule has 1 fully saturated rings. The molecule has 0 spiro atoms. The number of benzene rings is 2. The Morgan fingerprint density at radius 1 is 1.00 bits per heavy atom. The third-order valence-electron chi connectivity index (χ3n) is 6.06. The molecular weight excluding hydrogens is 503 g/mol. The van der Waals surface area contributed by atoms with Gasteiger partial charge in [-0.05, 0) is 37.3 Å². The lowest BCUT2D eigenvalue weighted by molar-refractivity contribution is -0.202. The summed E-state index contributed by atoms with van der Waals surface area (Å²) in [6.07, 6.45) is -5.92. The van der Waals surface area contributed by atoms with Crippen LogP contribution < -0.4 is 5.32 Å². The van der Waals surface area contributed by atoms with Gasteiger partial charge in [-0.25, -0.2) is 14.8 Å². The topological polar surface area (TPSA) is 91.8 Å². The first-order valence-electron chi connectivity index (χ1n) is 11.6. The predicted octanol–water partition coefficient (Wildman–Crippen LogP) is 5.71. The molecule has 2 heterocycles. The molecule has 4 atom stereocenters. The van der Waals surface area contributed by atoms with Crippen molar-refractivity contribution in [2.75, 3.05) is 19.5 Å². The minimum Gasteiger partial charge on any atom is -0.415 e. The molecule has 0 bridgehead atoms. The quantitative estimate of drug-likeness (QED) is 0.409. The van der Waals surface area contributed by atoms with Gasteiger partial charge in [-0.3, -0.25) is 5.32 Å². The Morgan fingerprint density at radius 3 is 2.26 bits per heavy atom. The fourth-order valence-electron chi connectivity index (χ4n) is 4.09. The number of nitrogens with zero attached hydrogens (tertiary/aromatic N) is 2. The highest BCUT2D eigenvalue weighted by molar-refractivity contribution is 5.85. The number of hydrogen-bond donors (Lipinski definition) is 1. The zero-order valence-electron chi connectivity index (χ0n) is 20.9. The molecule has 1 aliphatic rings. The monoisotopic (exact) mass is 529 g/mol. The smallest absolute Gasteiger partial charge is 0.415 e. The Balaban J connectivity index is 1.41. The van der Waals surface area contributed by atoms with E-state index < -0.39 is 36.3 Å². The normalized spacial score (nSPS) is 21.7. The second-order valence-electron chi connectivity index (χ2n) is 8.55. The van der Waals surface area contributed by atoms with E-state index in [-0.39, 0.29) is 11.9 Å². The van der Waals surface area contributed by atoms with Crippen LogP contribution in [0.1, 0.15) is 12.5 Å². The first-order chi connectivity index (χ1) is 18.1. The second kappa shape index (κ2) is 11.3. The molecule has 1 aliphatic heterocycles. The van der Waals surface area contributed by atoms with Gasteiger partial charge in [-0.15, -0.1) is 0 Å². The maximum Gasteiger partial charge on any atom is 0.416 e. The molecule has 0 aliphatic carbocycles. The summed E-state index contributed by atoms with van der Waals surface area (Å²) < 4.78 is 60.5. The number of halogens is 3. The van der Waals surface area contributed by atoms with Crippen LogP contribution in [0.2, 0.25) is 0 Å². The third kappa shape index (κ3) is 6.01. The number of amides is 1. The van der Waals surface area contributed by atoms with E-state index in [0.29, 0.717) is 28.1 Å². The van der Waals surface area contributed by atoms with E-state index in [1.165, 1.54) is 25.4 Å². The van der Waals surface area contributed by atoms with E-state index in [4.69, 9.17) is 18.9 Å². The SMILES string of the molecule is C=C1[C@H](OC(=O)Nc2ccc(-c3ccnc(-c4ccc(C(F)(F)F)cc4)n3)cc2)O[C@@H](C)[C@H](OC)[C@H]1OC. The Bertz CT molecular complexity index is 1280. The number of anilines is 1. The number of nitrogens with one attached hydrogen (secondary N) is 1. The fraction of sp³-hybridized carbons (Fsp3) is 0.296. The number of aromatic nitrogens is 2. The van der Waals surface area contributed by atoms with E-state index in [1.807, 2.05) is 0 Å². The maximum atomic E-state index is 12.8. The number of carbonyl (C=O) groups excluding carboxylic acids is 1. The van der Waals surface area contributed by atoms with Crippen molar-refractivity contribution in [3.8, 4) is 22.6 Å². The van der Waals surface area contributed by atoms with Crippen LogP contribution in [0.15, 0.2) is 72.9 Å². The summed E-state index contributed by atoms with van der Waals surface area (Å²) in [7, 11) is 3.06. The Hall–Kier alpha value is -3.80. The second-order valence-corrected chi connectivity index (χ2v) is 8.55. The number of ether oxygens (including phenoxy) is 4. The summed E-state index contributed by atoms with van der Waals surface area (Å²) in [5.41, 5.74) is 1.87. The molecule has 8 nitrogen and oxygen atoms in total. The number of carbonyl (C=O) groups is 1. The van der Waals surface area contributed by atoms with Gasteiger partial charge in [-0.2, -0.15) is 13.2 Å². The molecule has 2 aromatic carbocycles. The molecule has 1 aromatic heterocycles. The van der Waals surface area contributed by atoms with Crippen molar-refractivity contribution in [3.05, 3.63) is 78.5 Å². The van der Waals surface area contributed by atoms with Crippen LogP contribution in [0.5, 0.6) is 0 Å². The van der Waals surface area contributed by atoms with Crippen molar-refractivity contribution >= 4 is 11.8 Å². The van der Waals surface area contributed by atoms with Crippen LogP contribution in [0.4, 0.5) is 23.7 Å². The molecule has 1 amide bonds. The van der Waals surface area contributed by atoms with Gasteiger partial charge in [0.2, 0.25) is 6.29 Å². The van der Waals surface area contributed by atoms with Crippen LogP contribution >= 0.6 is 0 Å². The van der Waals surface area contributed by atoms with Crippen LogP contribution in [0.25, 0.3) is 22.6 Å². The zero-order valence-corrected chi connectivity index (χ0v) is 20.9. The van der Waals surface area contributed by atoms with Crippen molar-refractivity contribution < 1.29 is 36.9 Å². The lowest BCUT2D eigenvalue weighted by atomic mass is 9.98. The molecule has 200 valence electrons. The highest BCUT2D eigenvalue weighted by atomic mass is 19.4. The van der Waals surface area contributed by atoms with E-state index in [9.17, 15) is 18.0 Å². The highest BCUT2D eigenvalue weighted by Gasteiger charge is 2.41. The molecule has 0 unspecified atom stereocenters. The Kier molecular flexibility index (Phi) is 8.10. The standard InChI is InChI=1S/C27H26F3N3O5/c1-15-22(35-3)23(36-4)16(2)37-25(15)38-26(34)32-20-11-7-17(8-12-20)21-13-14-31-24(33-21)18-5-9-19(10-6-18)27(28,29)30/h5-14,16,22-23,25H,1H2,2-4H3,(H,32,34)/t16-,22-,23-,25-/m0/s1. The molecule has 4 rings (SSSR count). The largest absolute Gasteiger partial charge is 0.416 e. The Morgan fingerprint density at radius 2 is 1.66 bits per heavy atom. The van der Waals surface area contributed by atoms with Gasteiger partial charge in [0.1, 0.15) is 12.2 Å². The van der Waals surface area contributed by atoms with Gasteiger partial charge in [0, 0.05) is 42.8 Å². The first-order valence-corrected chi connectivity index (χ1v) is 11.6. The van der Waals surface area contributed by atoms with E-state index in [1.54, 1.807) is 44.4 Å². The molecule has 0 radical (unpaired) electrons. The van der Waals surface area contributed by atoms with Gasteiger partial charge < -0.3 is 18.9 Å². The summed E-state index contributed by atoms with van der Waals surface area (Å²) in [5.74, 6) is 0.286. The fourth-order valence-corrected chi connectivity index (χ4v) is 4.09. The van der Waals surface area contributed by atoms with Crippen LogP contribution in [-0.4, -0.2) is 54.9 Å². The van der Waals surface area contributed by atoms with Gasteiger partial charge in [0.05, 0.1) is 17.4 Å². The number of alkyl halides is 3. The molecule has 1 saturated heterocycles. The number of methoxy groups -OCH3 is 2. The molecule has 38 heavy (non-hydrogen) atoms. The van der Waals surface area contributed by atoms with Crippen molar-refractivity contribution in [2.45, 2.75) is 37.7 Å². The van der Waals surface area contributed by atoms with Crippen LogP contribution in [-0.2, 0) is 25.1 Å². The number of hydrogen-bond acceptors (Lipinski definition) is 7. The van der Waals surface area contributed by atoms with Crippen molar-refractivity contribution in [1.82, 2.24) is 9.97 Å². The van der Waals surface area contributed by atoms with Gasteiger partial charge in [-0.1, -0.05) is 30.8 Å². The highest BCUT2D eigenvalue weighted by Crippen LogP contribution is 2.31. The summed E-state index contributed by atoms with van der Waals surface area (Å²) in [5, 5.41) is 2.64. The van der Waals surface area contributed by atoms with Gasteiger partial charge in [0.25, 0.3) is 0 Å². The molecule has 11 heteroatoms. The molecule has 0 saturated carbocycles. The van der Waals surface area contributed by atoms with Crippen LogP contribution in [0, 0.1) is 0 Å². The minimum atomic E-state index is -4.42. The van der Waals surface area contributed by atoms with Crippen LogP contribution in [0.3, 0.4) is 0 Å². The molecule has 3 aromatic rings. The summed E-state index contributed by atoms with van der Waals surface area (Å²) in [6, 6.07) is 13.1. The number of rotatable bonds is 6. The van der Waals surface area contributed by atoms with E-state index >= 15 is 0 Å². The molecular formula is C27H26F3N3O5. The average Bonchev–Trinajstić information content (AvgIpc) is 2.90. The summed E-state index contributed by atoms with van der Waals surface area (Å²) in [4.78, 5) is 21.1. The van der Waals surface area contributed by atoms with Gasteiger partial charge in [0.15, 0.2) is 5.82 Å². The molecule has 1 N–H and O–H groups in total. The first kappa shape index (κ1) is 27.2. The summed E-state index contributed by atoms with van der Waals surface area (Å²) >= 11 is 0. The van der Waals surface area contributed by atoms with Crippen molar-refractivity contribution in [3.63, 3.8) is 0 Å². The lowest BCUT2D eigenvalue weighted by Gasteiger charge is -2.39. The van der Waals surface area contributed by atoms with Crippen molar-refractivity contribution in [1.29, 1.82) is 0 Å². The maximum absolute atomic E-state index is 12.8.